The van der Waals surface area contributed by atoms with Gasteiger partial charge in [-0.3, -0.25) is 4.79 Å². The third-order valence-corrected chi connectivity index (χ3v) is 3.25. The van der Waals surface area contributed by atoms with Gasteiger partial charge in [-0.2, -0.15) is 5.10 Å². The number of carbonyl (C=O) groups excluding carboxylic acids is 1. The Balaban J connectivity index is 1.99. The summed E-state index contributed by atoms with van der Waals surface area (Å²) in [7, 11) is 0. The van der Waals surface area contributed by atoms with Crippen molar-refractivity contribution in [1.29, 1.82) is 0 Å². The number of rotatable bonds is 6. The van der Waals surface area contributed by atoms with Gasteiger partial charge in [0.15, 0.2) is 11.5 Å². The summed E-state index contributed by atoms with van der Waals surface area (Å²) in [5, 5.41) is 13.8. The van der Waals surface area contributed by atoms with Gasteiger partial charge in [0.05, 0.1) is 24.3 Å². The average Bonchev–Trinajstić information content (AvgIpc) is 2.53. The summed E-state index contributed by atoms with van der Waals surface area (Å²) < 4.78 is 5.28. The highest BCUT2D eigenvalue weighted by atomic mass is 35.5. The molecule has 0 atom stereocenters. The van der Waals surface area contributed by atoms with Crippen LogP contribution in [0.2, 0.25) is 5.02 Å². The van der Waals surface area contributed by atoms with Crippen molar-refractivity contribution in [2.24, 2.45) is 5.10 Å². The third kappa shape index (κ3) is 5.00. The SMILES string of the molecule is CCOc1cc(/C=N\NC(=O)Cc2ccccc2)cc(Cl)c1O. The van der Waals surface area contributed by atoms with Gasteiger partial charge in [0.2, 0.25) is 5.91 Å². The summed E-state index contributed by atoms with van der Waals surface area (Å²) in [6, 6.07) is 12.5. The van der Waals surface area contributed by atoms with Crippen molar-refractivity contribution in [3.05, 3.63) is 58.6 Å². The summed E-state index contributed by atoms with van der Waals surface area (Å²) in [5.41, 5.74) is 3.97. The van der Waals surface area contributed by atoms with Crippen LogP contribution in [0.5, 0.6) is 11.5 Å². The number of phenolic OH excluding ortho intramolecular Hbond substituents is 1. The topological polar surface area (TPSA) is 70.9 Å². The molecule has 0 radical (unpaired) electrons. The van der Waals surface area contributed by atoms with Gasteiger partial charge in [-0.05, 0) is 30.2 Å². The summed E-state index contributed by atoms with van der Waals surface area (Å²) in [6.07, 6.45) is 1.69. The van der Waals surface area contributed by atoms with Crippen molar-refractivity contribution in [2.45, 2.75) is 13.3 Å². The minimum absolute atomic E-state index is 0.112. The van der Waals surface area contributed by atoms with Gasteiger partial charge in [-0.1, -0.05) is 41.9 Å². The number of halogens is 1. The molecule has 1 amide bonds. The number of nitrogens with one attached hydrogen (secondary N) is 1. The molecule has 120 valence electrons. The molecule has 0 spiro atoms. The first-order valence-corrected chi connectivity index (χ1v) is 7.49. The second-order valence-corrected chi connectivity index (χ2v) is 5.15. The van der Waals surface area contributed by atoms with Crippen LogP contribution in [0.15, 0.2) is 47.6 Å². The van der Waals surface area contributed by atoms with E-state index < -0.39 is 0 Å². The van der Waals surface area contributed by atoms with Crippen LogP contribution in [0.1, 0.15) is 18.1 Å². The smallest absolute Gasteiger partial charge is 0.244 e. The van der Waals surface area contributed by atoms with Crippen LogP contribution >= 0.6 is 11.6 Å². The Morgan fingerprint density at radius 1 is 1.35 bits per heavy atom. The quantitative estimate of drug-likeness (QED) is 0.630. The van der Waals surface area contributed by atoms with Gasteiger partial charge < -0.3 is 9.84 Å². The Bertz CT molecular complexity index is 702. The van der Waals surface area contributed by atoms with Gasteiger partial charge in [0.25, 0.3) is 0 Å². The van der Waals surface area contributed by atoms with Gasteiger partial charge in [-0.15, -0.1) is 0 Å². The average molecular weight is 333 g/mol. The summed E-state index contributed by atoms with van der Waals surface area (Å²) in [5.74, 6) is -0.0572. The number of hydrogen-bond acceptors (Lipinski definition) is 4. The van der Waals surface area contributed by atoms with Crippen molar-refractivity contribution in [1.82, 2.24) is 5.43 Å². The first kappa shape index (κ1) is 16.8. The standard InChI is InChI=1S/C17H17ClN2O3/c1-2-23-15-9-13(8-14(18)17(15)22)11-19-20-16(21)10-12-6-4-3-5-7-12/h3-9,11,22H,2,10H2,1H3,(H,20,21)/b19-11-. The lowest BCUT2D eigenvalue weighted by atomic mass is 10.1. The number of nitrogens with zero attached hydrogens (tertiary/aromatic N) is 1. The third-order valence-electron chi connectivity index (χ3n) is 2.96. The van der Waals surface area contributed by atoms with Gasteiger partial charge in [0, 0.05) is 0 Å². The van der Waals surface area contributed by atoms with Crippen molar-refractivity contribution >= 4 is 23.7 Å². The van der Waals surface area contributed by atoms with Gasteiger partial charge in [-0.25, -0.2) is 5.43 Å². The Hall–Kier alpha value is -2.53. The maximum absolute atomic E-state index is 11.8. The van der Waals surface area contributed by atoms with Gasteiger partial charge >= 0.3 is 0 Å². The number of ether oxygens (including phenoxy) is 1. The van der Waals surface area contributed by atoms with E-state index in [-0.39, 0.29) is 28.8 Å². The van der Waals surface area contributed by atoms with E-state index in [1.165, 1.54) is 12.3 Å². The molecule has 0 saturated heterocycles. The maximum Gasteiger partial charge on any atom is 0.244 e. The zero-order valence-corrected chi connectivity index (χ0v) is 13.4. The molecule has 6 heteroatoms. The van der Waals surface area contributed by atoms with Crippen LogP contribution in [0.3, 0.4) is 0 Å². The van der Waals surface area contributed by atoms with E-state index in [9.17, 15) is 9.90 Å². The lowest BCUT2D eigenvalue weighted by Crippen LogP contribution is -2.19. The molecular weight excluding hydrogens is 316 g/mol. The lowest BCUT2D eigenvalue weighted by Gasteiger charge is -2.08. The lowest BCUT2D eigenvalue weighted by molar-refractivity contribution is -0.120. The Morgan fingerprint density at radius 2 is 2.09 bits per heavy atom. The molecule has 0 heterocycles. The molecule has 0 aliphatic heterocycles. The molecule has 0 saturated carbocycles. The van der Waals surface area contributed by atoms with E-state index in [0.29, 0.717) is 12.2 Å². The minimum atomic E-state index is -0.220. The van der Waals surface area contributed by atoms with Gasteiger partial charge in [0.1, 0.15) is 0 Å². The summed E-state index contributed by atoms with van der Waals surface area (Å²) >= 11 is 5.92. The number of amides is 1. The van der Waals surface area contributed by atoms with Crippen LogP contribution in [0, 0.1) is 0 Å². The van der Waals surface area contributed by atoms with Crippen LogP contribution < -0.4 is 10.2 Å². The van der Waals surface area contributed by atoms with E-state index in [0.717, 1.165) is 5.56 Å². The largest absolute Gasteiger partial charge is 0.503 e. The molecule has 2 aromatic rings. The predicted octanol–water partition coefficient (Wildman–Crippen LogP) is 3.14. The minimum Gasteiger partial charge on any atom is -0.503 e. The molecule has 5 nitrogen and oxygen atoms in total. The van der Waals surface area contributed by atoms with Crippen LogP contribution in [0.4, 0.5) is 0 Å². The fourth-order valence-electron chi connectivity index (χ4n) is 1.93. The van der Waals surface area contributed by atoms with Crippen LogP contribution in [-0.4, -0.2) is 23.8 Å². The first-order chi connectivity index (χ1) is 11.1. The molecule has 0 aromatic heterocycles. The number of hydrazone groups is 1. The normalized spacial score (nSPS) is 10.7. The molecule has 2 rings (SSSR count). The Kier molecular flexibility index (Phi) is 6.00. The van der Waals surface area contributed by atoms with Crippen LogP contribution in [0.25, 0.3) is 0 Å². The van der Waals surface area contributed by atoms with E-state index in [1.54, 1.807) is 13.0 Å². The zero-order chi connectivity index (χ0) is 16.7. The summed E-state index contributed by atoms with van der Waals surface area (Å²) in [6.45, 7) is 2.20. The highest BCUT2D eigenvalue weighted by Crippen LogP contribution is 2.34. The predicted molar refractivity (Wildman–Crippen MR) is 90.2 cm³/mol. The fourth-order valence-corrected chi connectivity index (χ4v) is 2.15. The number of benzene rings is 2. The number of hydrogen-bond donors (Lipinski definition) is 2. The molecule has 0 aliphatic carbocycles. The maximum atomic E-state index is 11.8. The van der Waals surface area contributed by atoms with E-state index in [2.05, 4.69) is 10.5 Å². The van der Waals surface area contributed by atoms with Crippen molar-refractivity contribution in [3.8, 4) is 11.5 Å². The molecule has 2 N–H and O–H groups in total. The van der Waals surface area contributed by atoms with E-state index in [4.69, 9.17) is 16.3 Å². The van der Waals surface area contributed by atoms with Crippen LogP contribution in [-0.2, 0) is 11.2 Å². The Labute approximate surface area is 139 Å². The molecule has 2 aromatic carbocycles. The van der Waals surface area contributed by atoms with E-state index in [1.807, 2.05) is 30.3 Å². The molecule has 0 fully saturated rings. The van der Waals surface area contributed by atoms with Crippen molar-refractivity contribution < 1.29 is 14.6 Å². The second-order valence-electron chi connectivity index (χ2n) is 4.74. The number of aromatic hydroxyl groups is 1. The highest BCUT2D eigenvalue weighted by molar-refractivity contribution is 6.32. The molecule has 0 aliphatic rings. The summed E-state index contributed by atoms with van der Waals surface area (Å²) in [4.78, 5) is 11.8. The van der Waals surface area contributed by atoms with E-state index >= 15 is 0 Å². The zero-order valence-electron chi connectivity index (χ0n) is 12.6. The number of phenols is 1. The highest BCUT2D eigenvalue weighted by Gasteiger charge is 2.08. The monoisotopic (exact) mass is 332 g/mol. The molecule has 23 heavy (non-hydrogen) atoms. The molecule has 0 bridgehead atoms. The van der Waals surface area contributed by atoms with Crippen molar-refractivity contribution in [3.63, 3.8) is 0 Å². The van der Waals surface area contributed by atoms with Crippen molar-refractivity contribution in [2.75, 3.05) is 6.61 Å². The Morgan fingerprint density at radius 3 is 2.78 bits per heavy atom. The number of carbonyl (C=O) groups is 1. The molecular formula is C17H17ClN2O3. The first-order valence-electron chi connectivity index (χ1n) is 7.11. The fraction of sp³-hybridized carbons (Fsp3) is 0.176. The molecule has 0 unspecified atom stereocenters. The second kappa shape index (κ2) is 8.19.